The minimum absolute atomic E-state index is 0.000303. The molecule has 1 aliphatic rings. The Balaban J connectivity index is 2.41. The van der Waals surface area contributed by atoms with Crippen LogP contribution in [0.15, 0.2) is 34.3 Å². The standard InChI is InChI=1S/C47H79N15O10S3/c1-28(2)40-45(72)61-33(24-29-14-16-30(63)17-15-29)42(69)54-20-6-4-12-37(65)58-34(41(48)68)26-74-75-27-35(59-38(66)13-5-7-21-55-46(49)50)44(71)60-31(18-23-73-3)36(64)11-9-19-53-25-39(67)57-32(43(70)62-40)10-8-22-56-47(51)52/h14-17,28,31-35,40,53,63H,4-13,18-27H2,1-3H3,(H2,48,68)(H,54,69)(H,57,67)(H,58,65)(H,59,66)(H,60,71)(H,61,72)(H,62,70)(H4,49,50,55)(H4,51,52,56). The number of hydrogen-bond acceptors (Lipinski definition) is 16. The van der Waals surface area contributed by atoms with Crippen molar-refractivity contribution in [1.29, 1.82) is 0 Å². The van der Waals surface area contributed by atoms with Crippen LogP contribution >= 0.6 is 33.3 Å². The lowest BCUT2D eigenvalue weighted by Gasteiger charge is -2.27. The topological polar surface area (TPSA) is 425 Å². The molecular formula is C47H79N15O10S3. The van der Waals surface area contributed by atoms with Crippen LogP contribution in [0.5, 0.6) is 5.75 Å². The molecule has 75 heavy (non-hydrogen) atoms. The zero-order valence-electron chi connectivity index (χ0n) is 43.1. The molecule has 1 aromatic rings. The Morgan fingerprint density at radius 2 is 1.39 bits per heavy atom. The zero-order valence-corrected chi connectivity index (χ0v) is 45.6. The summed E-state index contributed by atoms with van der Waals surface area (Å²) in [5.74, 6) is -5.16. The first kappa shape index (κ1) is 65.1. The van der Waals surface area contributed by atoms with E-state index in [0.717, 1.165) is 21.6 Å². The van der Waals surface area contributed by atoms with Crippen LogP contribution in [0.4, 0.5) is 0 Å². The van der Waals surface area contributed by atoms with Crippen molar-refractivity contribution < 1.29 is 48.3 Å². The second kappa shape index (κ2) is 36.9. The molecule has 0 radical (unpaired) electrons. The first-order valence-electron chi connectivity index (χ1n) is 24.9. The molecule has 0 bridgehead atoms. The minimum Gasteiger partial charge on any atom is -0.508 e. The average Bonchev–Trinajstić information content (AvgIpc) is 3.34. The van der Waals surface area contributed by atoms with Crippen LogP contribution in [0, 0.1) is 5.92 Å². The summed E-state index contributed by atoms with van der Waals surface area (Å²) < 4.78 is 0. The second-order valence-corrected chi connectivity index (χ2v) is 21.6. The number of phenols is 1. The van der Waals surface area contributed by atoms with Gasteiger partial charge in [0.25, 0.3) is 0 Å². The summed E-state index contributed by atoms with van der Waals surface area (Å²) in [6.07, 6.45) is 4.44. The molecule has 0 spiro atoms. The van der Waals surface area contributed by atoms with Gasteiger partial charge in [0, 0.05) is 56.8 Å². The molecule has 25 nitrogen and oxygen atoms in total. The van der Waals surface area contributed by atoms with Gasteiger partial charge in [-0.3, -0.25) is 53.1 Å². The number of ketones is 1. The molecule has 6 atom stereocenters. The number of nitrogens with two attached hydrogens (primary N) is 5. The lowest BCUT2D eigenvalue weighted by atomic mass is 10.00. The Morgan fingerprint density at radius 1 is 0.720 bits per heavy atom. The number of thioether (sulfide) groups is 1. The lowest BCUT2D eigenvalue weighted by molar-refractivity contribution is -0.134. The van der Waals surface area contributed by atoms with Crippen molar-refractivity contribution in [3.8, 4) is 5.75 Å². The van der Waals surface area contributed by atoms with E-state index in [1.54, 1.807) is 26.0 Å². The lowest BCUT2D eigenvalue weighted by Crippen LogP contribution is -2.59. The summed E-state index contributed by atoms with van der Waals surface area (Å²) in [5, 5.41) is 32.1. The van der Waals surface area contributed by atoms with Gasteiger partial charge in [0.15, 0.2) is 17.7 Å². The fourth-order valence-corrected chi connectivity index (χ4v) is 10.0. The predicted octanol–water partition coefficient (Wildman–Crippen LogP) is -2.14. The summed E-state index contributed by atoms with van der Waals surface area (Å²) in [7, 11) is 2.31. The summed E-state index contributed by atoms with van der Waals surface area (Å²) >= 11 is 1.48. The molecule has 19 N–H and O–H groups in total. The van der Waals surface area contributed by atoms with E-state index >= 15 is 0 Å². The Morgan fingerprint density at radius 3 is 2.04 bits per heavy atom. The van der Waals surface area contributed by atoms with Gasteiger partial charge in [-0.2, -0.15) is 11.8 Å². The van der Waals surface area contributed by atoms with Gasteiger partial charge >= 0.3 is 0 Å². The third-order valence-electron chi connectivity index (χ3n) is 11.4. The van der Waals surface area contributed by atoms with Crippen LogP contribution in [0.25, 0.3) is 0 Å². The number of nitrogens with zero attached hydrogens (tertiary/aromatic N) is 2. The molecule has 0 aliphatic carbocycles. The summed E-state index contributed by atoms with van der Waals surface area (Å²) in [5.41, 5.74) is 28.0. The number of benzene rings is 1. The molecule has 1 heterocycles. The number of guanidine groups is 2. The number of carbonyl (C=O) groups excluding carboxylic acids is 9. The number of aromatic hydroxyl groups is 1. The van der Waals surface area contributed by atoms with Gasteiger partial charge in [-0.15, -0.1) is 0 Å². The van der Waals surface area contributed by atoms with E-state index in [-0.39, 0.29) is 106 Å². The summed E-state index contributed by atoms with van der Waals surface area (Å²) in [6, 6.07) is -0.445. The highest BCUT2D eigenvalue weighted by Crippen LogP contribution is 2.24. The van der Waals surface area contributed by atoms with Crippen LogP contribution < -0.4 is 71.2 Å². The number of Topliss-reactive ketones (excluding diaryl/α,β-unsaturated/α-hetero) is 1. The molecule has 1 aromatic carbocycles. The molecule has 1 fully saturated rings. The number of amides is 8. The number of carbonyl (C=O) groups is 9. The minimum atomic E-state index is -1.16. The van der Waals surface area contributed by atoms with Crippen LogP contribution in [-0.2, 0) is 49.6 Å². The number of nitrogens with one attached hydrogen (secondary N) is 8. The Hall–Kier alpha value is -6.00. The maximum Gasteiger partial charge on any atom is 0.244 e. The van der Waals surface area contributed by atoms with Crippen LogP contribution in [0.1, 0.15) is 90.0 Å². The second-order valence-electron chi connectivity index (χ2n) is 18.0. The van der Waals surface area contributed by atoms with Crippen LogP contribution in [-0.4, -0.2) is 163 Å². The van der Waals surface area contributed by atoms with Crippen molar-refractivity contribution in [2.24, 2.45) is 44.6 Å². The summed E-state index contributed by atoms with van der Waals surface area (Å²) in [4.78, 5) is 129. The van der Waals surface area contributed by atoms with Crippen molar-refractivity contribution >= 4 is 98.3 Å². The van der Waals surface area contributed by atoms with E-state index < -0.39 is 89.4 Å². The quantitative estimate of drug-likeness (QED) is 0.0342. The molecule has 1 saturated heterocycles. The van der Waals surface area contributed by atoms with Gasteiger partial charge in [0.1, 0.15) is 36.0 Å². The Labute approximate surface area is 450 Å². The molecule has 2 rings (SSSR count). The van der Waals surface area contributed by atoms with Crippen LogP contribution in [0.2, 0.25) is 0 Å². The van der Waals surface area contributed by atoms with Crippen molar-refractivity contribution in [3.05, 3.63) is 29.8 Å². The highest BCUT2D eigenvalue weighted by Gasteiger charge is 2.32. The number of hydrogen-bond donors (Lipinski definition) is 14. The van der Waals surface area contributed by atoms with Gasteiger partial charge in [-0.1, -0.05) is 47.6 Å². The molecule has 0 aromatic heterocycles. The maximum absolute atomic E-state index is 14.0. The molecule has 1 aliphatic heterocycles. The SMILES string of the molecule is CSCCC1NC(=O)C(NC(=O)CCCCN=C(N)N)CSSCC(C(N)=O)NC(=O)CCCCNC(=O)C(Cc2ccc(O)cc2)NC(=O)C(C(C)C)NC(=O)C(CCCN=C(N)N)NC(=O)CNCCCC1=O. The molecular weight excluding hydrogens is 1030 g/mol. The number of aliphatic imine (C=N–C) groups is 2. The van der Waals surface area contributed by atoms with Gasteiger partial charge in [-0.25, -0.2) is 0 Å². The van der Waals surface area contributed by atoms with E-state index in [0.29, 0.717) is 50.0 Å². The highest BCUT2D eigenvalue weighted by atomic mass is 33.1. The third-order valence-corrected chi connectivity index (χ3v) is 14.4. The van der Waals surface area contributed by atoms with E-state index in [1.807, 2.05) is 6.26 Å². The van der Waals surface area contributed by atoms with Gasteiger partial charge < -0.3 is 76.3 Å². The van der Waals surface area contributed by atoms with Crippen LogP contribution in [0.3, 0.4) is 0 Å². The van der Waals surface area contributed by atoms with Crippen molar-refractivity contribution in [2.75, 3.05) is 56.2 Å². The smallest absolute Gasteiger partial charge is 0.244 e. The maximum atomic E-state index is 14.0. The first-order chi connectivity index (χ1) is 35.7. The number of primary amides is 1. The van der Waals surface area contributed by atoms with E-state index in [1.165, 1.54) is 23.9 Å². The van der Waals surface area contributed by atoms with E-state index in [4.69, 9.17) is 28.7 Å². The largest absolute Gasteiger partial charge is 0.508 e. The average molecular weight is 1110 g/mol. The molecule has 6 unspecified atom stereocenters. The van der Waals surface area contributed by atoms with Gasteiger partial charge in [0.2, 0.25) is 47.3 Å². The van der Waals surface area contributed by atoms with Gasteiger partial charge in [0.05, 0.1) is 12.6 Å². The van der Waals surface area contributed by atoms with Gasteiger partial charge in [-0.05, 0) is 93.5 Å². The molecule has 420 valence electrons. The van der Waals surface area contributed by atoms with Crippen molar-refractivity contribution in [1.82, 2.24) is 42.5 Å². The number of unbranched alkanes of at least 4 members (excludes halogenated alkanes) is 1. The fraction of sp³-hybridized carbons (Fsp3) is 0.638. The number of rotatable bonds is 17. The first-order valence-corrected chi connectivity index (χ1v) is 28.8. The predicted molar refractivity (Wildman–Crippen MR) is 294 cm³/mol. The van der Waals surface area contributed by atoms with Crippen molar-refractivity contribution in [3.63, 3.8) is 0 Å². The Kier molecular flexibility index (Phi) is 32.0. The number of phenolic OH excluding ortho intramolecular Hbond substituents is 1. The molecule has 28 heteroatoms. The van der Waals surface area contributed by atoms with Crippen molar-refractivity contribution in [2.45, 2.75) is 127 Å². The highest BCUT2D eigenvalue weighted by molar-refractivity contribution is 8.76. The third kappa shape index (κ3) is 28.5. The van der Waals surface area contributed by atoms with E-state index in [9.17, 15) is 48.3 Å². The zero-order chi connectivity index (χ0) is 55.7. The molecule has 8 amide bonds. The van der Waals surface area contributed by atoms with E-state index in [2.05, 4.69) is 52.5 Å². The molecule has 0 saturated carbocycles. The fourth-order valence-electron chi connectivity index (χ4n) is 7.22. The summed E-state index contributed by atoms with van der Waals surface area (Å²) in [6.45, 7) is 3.95. The normalized spacial score (nSPS) is 22.3. The monoisotopic (exact) mass is 1110 g/mol. The Bertz CT molecular complexity index is 2080.